The minimum atomic E-state index is -0.471. The fourth-order valence-corrected chi connectivity index (χ4v) is 3.59. The highest BCUT2D eigenvalue weighted by Crippen LogP contribution is 2.40. The third kappa shape index (κ3) is 5.80. The maximum Gasteiger partial charge on any atom is 0.245 e. The molecular formula is C22H25FN6O3S. The van der Waals surface area contributed by atoms with Crippen LogP contribution < -0.4 is 19.1 Å². The smallest absolute Gasteiger partial charge is 0.245 e. The summed E-state index contributed by atoms with van der Waals surface area (Å²) in [5.41, 5.74) is 0.885. The van der Waals surface area contributed by atoms with Crippen molar-refractivity contribution in [3.63, 3.8) is 0 Å². The topological polar surface area (TPSA) is 98.4 Å². The van der Waals surface area contributed by atoms with Gasteiger partial charge < -0.3 is 18.6 Å². The molecule has 0 spiro atoms. The fourth-order valence-electron chi connectivity index (χ4n) is 2.93. The average molecular weight is 473 g/mol. The van der Waals surface area contributed by atoms with Crippen LogP contribution in [-0.2, 0) is 6.42 Å². The van der Waals surface area contributed by atoms with Crippen molar-refractivity contribution in [3.05, 3.63) is 73.0 Å². The van der Waals surface area contributed by atoms with E-state index in [1.54, 1.807) is 4.90 Å². The SMILES string of the molecule is C=C(NSC(C)Cc1ncc(F)cn1)N(C(=C)c1ccc(C)o1)c1c(OC)ncnc1OC. The second-order valence-corrected chi connectivity index (χ2v) is 8.18. The van der Waals surface area contributed by atoms with Crippen molar-refractivity contribution in [1.29, 1.82) is 0 Å². The van der Waals surface area contributed by atoms with E-state index in [0.29, 0.717) is 35.2 Å². The van der Waals surface area contributed by atoms with Gasteiger partial charge in [0.15, 0.2) is 11.5 Å². The first-order valence-corrected chi connectivity index (χ1v) is 10.8. The van der Waals surface area contributed by atoms with Gasteiger partial charge in [0.2, 0.25) is 11.8 Å². The van der Waals surface area contributed by atoms with Crippen LogP contribution in [0.25, 0.3) is 5.70 Å². The number of rotatable bonds is 11. The normalized spacial score (nSPS) is 11.5. The number of nitrogens with one attached hydrogen (secondary N) is 1. The summed E-state index contributed by atoms with van der Waals surface area (Å²) in [7, 11) is 3.00. The van der Waals surface area contributed by atoms with Crippen molar-refractivity contribution in [2.24, 2.45) is 0 Å². The summed E-state index contributed by atoms with van der Waals surface area (Å²) in [6.07, 6.45) is 4.16. The molecular weight excluding hydrogens is 447 g/mol. The monoisotopic (exact) mass is 472 g/mol. The molecule has 3 heterocycles. The van der Waals surface area contributed by atoms with Crippen LogP contribution >= 0.6 is 11.9 Å². The van der Waals surface area contributed by atoms with Gasteiger partial charge in [-0.1, -0.05) is 20.1 Å². The Morgan fingerprint density at radius 1 is 1.15 bits per heavy atom. The molecule has 0 bridgehead atoms. The standard InChI is InChI=1S/C22H25FN6O3S/c1-13-7-8-18(32-13)15(3)29(20-21(30-5)26-12-27-22(20)31-6)16(4)28-33-14(2)9-19-24-10-17(23)11-25-19/h7-8,10-12,14,28H,3-4,9H2,1-2,5-6H3. The van der Waals surface area contributed by atoms with Crippen LogP contribution in [0.2, 0.25) is 0 Å². The number of furan rings is 1. The first-order chi connectivity index (χ1) is 15.8. The third-order valence-electron chi connectivity index (χ3n) is 4.45. The van der Waals surface area contributed by atoms with E-state index < -0.39 is 5.82 Å². The highest BCUT2D eigenvalue weighted by atomic mass is 32.2. The number of aromatic nitrogens is 4. The molecule has 0 fully saturated rings. The van der Waals surface area contributed by atoms with E-state index in [0.717, 1.165) is 18.2 Å². The Morgan fingerprint density at radius 3 is 2.33 bits per heavy atom. The van der Waals surface area contributed by atoms with Gasteiger partial charge in [-0.05, 0) is 31.0 Å². The number of methoxy groups -OCH3 is 2. The quantitative estimate of drug-likeness (QED) is 0.410. The van der Waals surface area contributed by atoms with Crippen LogP contribution in [0.1, 0.15) is 24.3 Å². The summed E-state index contributed by atoms with van der Waals surface area (Å²) in [5.74, 6) is 2.31. The largest absolute Gasteiger partial charge is 0.479 e. The molecule has 0 radical (unpaired) electrons. The predicted octanol–water partition coefficient (Wildman–Crippen LogP) is 4.14. The van der Waals surface area contributed by atoms with Gasteiger partial charge in [0.05, 0.1) is 32.3 Å². The summed E-state index contributed by atoms with van der Waals surface area (Å²) in [5, 5.41) is 0.0315. The Hall–Kier alpha value is -3.60. The second kappa shape index (κ2) is 10.8. The summed E-state index contributed by atoms with van der Waals surface area (Å²) >= 11 is 1.39. The van der Waals surface area contributed by atoms with Crippen molar-refractivity contribution in [3.8, 4) is 11.8 Å². The Morgan fingerprint density at radius 2 is 1.79 bits per heavy atom. The zero-order valence-corrected chi connectivity index (χ0v) is 19.6. The fraction of sp³-hybridized carbons (Fsp3) is 0.273. The number of hydrogen-bond donors (Lipinski definition) is 1. The van der Waals surface area contributed by atoms with Gasteiger partial charge in [-0.2, -0.15) is 9.97 Å². The van der Waals surface area contributed by atoms with Crippen molar-refractivity contribution in [1.82, 2.24) is 24.7 Å². The van der Waals surface area contributed by atoms with E-state index in [2.05, 4.69) is 37.8 Å². The van der Waals surface area contributed by atoms with Gasteiger partial charge in [-0.25, -0.2) is 14.4 Å². The van der Waals surface area contributed by atoms with Crippen molar-refractivity contribution < 1.29 is 18.3 Å². The number of ether oxygens (including phenoxy) is 2. The van der Waals surface area contributed by atoms with E-state index in [1.165, 1.54) is 32.5 Å². The molecule has 3 aromatic rings. The van der Waals surface area contributed by atoms with Gasteiger partial charge in [0.25, 0.3) is 0 Å². The van der Waals surface area contributed by atoms with Crippen molar-refractivity contribution in [2.75, 3.05) is 19.1 Å². The van der Waals surface area contributed by atoms with Gasteiger partial charge in [0, 0.05) is 11.7 Å². The Kier molecular flexibility index (Phi) is 7.88. The maximum atomic E-state index is 13.1. The van der Waals surface area contributed by atoms with Gasteiger partial charge in [0.1, 0.15) is 29.5 Å². The van der Waals surface area contributed by atoms with Gasteiger partial charge in [-0.3, -0.25) is 4.90 Å². The first-order valence-electron chi connectivity index (χ1n) is 9.89. The lowest BCUT2D eigenvalue weighted by Gasteiger charge is -2.29. The molecule has 0 amide bonds. The van der Waals surface area contributed by atoms with E-state index in [4.69, 9.17) is 13.9 Å². The molecule has 0 saturated carbocycles. The zero-order valence-electron chi connectivity index (χ0n) is 18.8. The van der Waals surface area contributed by atoms with E-state index in [1.807, 2.05) is 26.0 Å². The highest BCUT2D eigenvalue weighted by molar-refractivity contribution is 7.98. The zero-order chi connectivity index (χ0) is 24.0. The molecule has 174 valence electrons. The minimum Gasteiger partial charge on any atom is -0.479 e. The Balaban J connectivity index is 1.85. The number of anilines is 1. The van der Waals surface area contributed by atoms with Crippen molar-refractivity contribution >= 4 is 23.3 Å². The molecule has 0 aliphatic carbocycles. The summed E-state index contributed by atoms with van der Waals surface area (Å²) in [6.45, 7) is 12.2. The van der Waals surface area contributed by atoms with E-state index >= 15 is 0 Å². The average Bonchev–Trinajstić information content (AvgIpc) is 3.25. The minimum absolute atomic E-state index is 0.0315. The molecule has 9 nitrogen and oxygen atoms in total. The summed E-state index contributed by atoms with van der Waals surface area (Å²) < 4.78 is 33.0. The van der Waals surface area contributed by atoms with Crippen molar-refractivity contribution in [2.45, 2.75) is 25.5 Å². The third-order valence-corrected chi connectivity index (χ3v) is 5.37. The molecule has 0 aliphatic rings. The summed E-state index contributed by atoms with van der Waals surface area (Å²) in [6, 6.07) is 3.65. The first kappa shape index (κ1) is 24.1. The van der Waals surface area contributed by atoms with Gasteiger partial charge in [-0.15, -0.1) is 0 Å². The molecule has 3 aromatic heterocycles. The highest BCUT2D eigenvalue weighted by Gasteiger charge is 2.27. The molecule has 1 unspecified atom stereocenters. The molecule has 1 atom stereocenters. The molecule has 3 rings (SSSR count). The molecule has 33 heavy (non-hydrogen) atoms. The Labute approximate surface area is 195 Å². The molecule has 0 aromatic carbocycles. The molecule has 1 N–H and O–H groups in total. The number of aryl methyl sites for hydroxylation is 1. The Bertz CT molecular complexity index is 1100. The number of hydrogen-bond acceptors (Lipinski definition) is 10. The second-order valence-electron chi connectivity index (χ2n) is 6.93. The number of halogens is 1. The van der Waals surface area contributed by atoms with Crippen LogP contribution in [0, 0.1) is 12.7 Å². The van der Waals surface area contributed by atoms with Crippen LogP contribution in [-0.4, -0.2) is 39.4 Å². The predicted molar refractivity (Wildman–Crippen MR) is 125 cm³/mol. The van der Waals surface area contributed by atoms with Gasteiger partial charge >= 0.3 is 0 Å². The molecule has 0 saturated heterocycles. The lowest BCUT2D eigenvalue weighted by atomic mass is 10.2. The van der Waals surface area contributed by atoms with Crippen LogP contribution in [0.15, 0.2) is 54.2 Å². The van der Waals surface area contributed by atoms with E-state index in [9.17, 15) is 4.39 Å². The van der Waals surface area contributed by atoms with Crippen LogP contribution in [0.4, 0.5) is 10.1 Å². The number of nitrogens with zero attached hydrogens (tertiary/aromatic N) is 5. The molecule has 0 aliphatic heterocycles. The maximum absolute atomic E-state index is 13.1. The molecule has 11 heteroatoms. The van der Waals surface area contributed by atoms with Crippen LogP contribution in [0.5, 0.6) is 11.8 Å². The lowest BCUT2D eigenvalue weighted by Crippen LogP contribution is -2.29. The summed E-state index contributed by atoms with van der Waals surface area (Å²) in [4.78, 5) is 18.1. The van der Waals surface area contributed by atoms with Crippen LogP contribution in [0.3, 0.4) is 0 Å². The van der Waals surface area contributed by atoms with E-state index in [-0.39, 0.29) is 17.0 Å². The lowest BCUT2D eigenvalue weighted by molar-refractivity contribution is 0.373.